The summed E-state index contributed by atoms with van der Waals surface area (Å²) in [4.78, 5) is 21.6. The van der Waals surface area contributed by atoms with E-state index < -0.39 is 5.60 Å². The van der Waals surface area contributed by atoms with Crippen LogP contribution in [0.2, 0.25) is 0 Å². The van der Waals surface area contributed by atoms with E-state index in [1.807, 2.05) is 43.5 Å². The Kier molecular flexibility index (Phi) is 5.32. The van der Waals surface area contributed by atoms with Gasteiger partial charge in [0.05, 0.1) is 11.8 Å². The van der Waals surface area contributed by atoms with Crippen LogP contribution in [0.5, 0.6) is 0 Å². The molecule has 8 nitrogen and oxygen atoms in total. The lowest BCUT2D eigenvalue weighted by Gasteiger charge is -2.16. The van der Waals surface area contributed by atoms with Gasteiger partial charge in [0.15, 0.2) is 0 Å². The van der Waals surface area contributed by atoms with Crippen molar-refractivity contribution in [3.05, 3.63) is 65.4 Å². The van der Waals surface area contributed by atoms with Gasteiger partial charge in [-0.05, 0) is 56.9 Å². The van der Waals surface area contributed by atoms with Crippen LogP contribution in [-0.2, 0) is 6.42 Å². The van der Waals surface area contributed by atoms with Crippen LogP contribution in [0.15, 0.2) is 47.2 Å². The third-order valence-corrected chi connectivity index (χ3v) is 5.10. The predicted molar refractivity (Wildman–Crippen MR) is 117 cm³/mol. The van der Waals surface area contributed by atoms with E-state index in [0.717, 1.165) is 16.7 Å². The molecule has 0 bridgehead atoms. The van der Waals surface area contributed by atoms with E-state index in [0.29, 0.717) is 41.6 Å². The Hall–Kier alpha value is -3.52. The number of pyridine rings is 1. The van der Waals surface area contributed by atoms with E-state index in [9.17, 15) is 9.90 Å². The van der Waals surface area contributed by atoms with E-state index >= 15 is 0 Å². The molecule has 0 atom stereocenters. The zero-order valence-electron chi connectivity index (χ0n) is 18.0. The summed E-state index contributed by atoms with van der Waals surface area (Å²) in [6.45, 7) is 7.22. The van der Waals surface area contributed by atoms with Crippen LogP contribution >= 0.6 is 0 Å². The first-order valence-corrected chi connectivity index (χ1v) is 10.1. The molecule has 160 valence electrons. The molecule has 0 radical (unpaired) electrons. The van der Waals surface area contributed by atoms with E-state index in [-0.39, 0.29) is 5.91 Å². The van der Waals surface area contributed by atoms with Gasteiger partial charge in [0.1, 0.15) is 11.3 Å². The first kappa shape index (κ1) is 20.7. The summed E-state index contributed by atoms with van der Waals surface area (Å²) in [5.41, 5.74) is 3.72. The lowest BCUT2D eigenvalue weighted by atomic mass is 10.00. The van der Waals surface area contributed by atoms with Crippen molar-refractivity contribution in [1.29, 1.82) is 0 Å². The smallest absolute Gasteiger partial charge is 0.274 e. The number of aliphatic hydroxyl groups is 1. The second-order valence-electron chi connectivity index (χ2n) is 8.34. The Balaban J connectivity index is 1.60. The van der Waals surface area contributed by atoms with E-state index in [1.165, 1.54) is 0 Å². The maximum absolute atomic E-state index is 13.1. The normalized spacial score (nSPS) is 11.8. The molecule has 0 aliphatic rings. The van der Waals surface area contributed by atoms with Crippen molar-refractivity contribution in [2.45, 2.75) is 46.1 Å². The molecule has 0 aliphatic carbocycles. The number of rotatable bonds is 6. The highest BCUT2D eigenvalue weighted by atomic mass is 16.5. The minimum Gasteiger partial charge on any atom is -0.390 e. The van der Waals surface area contributed by atoms with Gasteiger partial charge in [-0.2, -0.15) is 4.98 Å². The molecule has 0 unspecified atom stereocenters. The van der Waals surface area contributed by atoms with Gasteiger partial charge in [-0.25, -0.2) is 4.98 Å². The maximum Gasteiger partial charge on any atom is 0.274 e. The number of nitrogens with one attached hydrogen (secondary N) is 1. The second-order valence-corrected chi connectivity index (χ2v) is 8.34. The number of hydrogen-bond acceptors (Lipinski definition) is 6. The molecule has 4 aromatic rings. The van der Waals surface area contributed by atoms with Gasteiger partial charge in [-0.3, -0.25) is 9.20 Å². The highest BCUT2D eigenvalue weighted by Crippen LogP contribution is 2.24. The minimum atomic E-state index is -0.746. The summed E-state index contributed by atoms with van der Waals surface area (Å²) in [6.07, 6.45) is 4.78. The second kappa shape index (κ2) is 7.96. The van der Waals surface area contributed by atoms with Crippen LogP contribution in [0.3, 0.4) is 0 Å². The minimum absolute atomic E-state index is 0.267. The van der Waals surface area contributed by atoms with Gasteiger partial charge >= 0.3 is 0 Å². The average Bonchev–Trinajstić information content (AvgIpc) is 3.33. The third-order valence-electron chi connectivity index (χ3n) is 5.10. The molecule has 0 spiro atoms. The predicted octanol–water partition coefficient (Wildman–Crippen LogP) is 3.96. The number of benzene rings is 1. The first-order chi connectivity index (χ1) is 14.7. The highest BCUT2D eigenvalue weighted by Gasteiger charge is 2.16. The number of carbonyl (C=O) groups is 1. The number of nitrogens with zero attached hydrogens (tertiary/aromatic N) is 4. The van der Waals surface area contributed by atoms with E-state index in [1.54, 1.807) is 31.4 Å². The molecule has 0 aliphatic heterocycles. The molecule has 3 aromatic heterocycles. The quantitative estimate of drug-likeness (QED) is 0.490. The lowest BCUT2D eigenvalue weighted by molar-refractivity contribution is 0.0713. The summed E-state index contributed by atoms with van der Waals surface area (Å²) < 4.78 is 6.83. The van der Waals surface area contributed by atoms with Crippen LogP contribution in [0.1, 0.15) is 47.8 Å². The Labute approximate surface area is 179 Å². The molecule has 3 heterocycles. The maximum atomic E-state index is 13.1. The fraction of sp³-hybridized carbons (Fsp3) is 0.304. The van der Waals surface area contributed by atoms with Crippen molar-refractivity contribution >= 4 is 17.2 Å². The van der Waals surface area contributed by atoms with E-state index in [2.05, 4.69) is 20.4 Å². The van der Waals surface area contributed by atoms with Crippen LogP contribution in [0.25, 0.3) is 17.0 Å². The number of imidazole rings is 1. The molecular weight excluding hydrogens is 394 g/mol. The van der Waals surface area contributed by atoms with Gasteiger partial charge in [0.25, 0.3) is 5.91 Å². The number of amides is 1. The molecule has 0 saturated heterocycles. The van der Waals surface area contributed by atoms with Gasteiger partial charge in [-0.1, -0.05) is 23.4 Å². The van der Waals surface area contributed by atoms with Crippen molar-refractivity contribution in [1.82, 2.24) is 19.5 Å². The summed E-state index contributed by atoms with van der Waals surface area (Å²) in [6, 6.07) is 9.46. The van der Waals surface area contributed by atoms with Crippen molar-refractivity contribution in [2.75, 3.05) is 5.32 Å². The van der Waals surface area contributed by atoms with Crippen LogP contribution in [0.4, 0.5) is 5.69 Å². The molecule has 1 amide bonds. The SMILES string of the molecule is Cc1nc(-c2ccc(C)c(NC(=O)c3cnc4ccc(CCC(C)(C)O)cn34)c2)no1. The van der Waals surface area contributed by atoms with Crippen LogP contribution in [-0.4, -0.2) is 36.1 Å². The Morgan fingerprint density at radius 2 is 2.03 bits per heavy atom. The summed E-state index contributed by atoms with van der Waals surface area (Å²) in [5, 5.41) is 16.9. The molecule has 1 aromatic carbocycles. The van der Waals surface area contributed by atoms with Crippen molar-refractivity contribution < 1.29 is 14.4 Å². The van der Waals surface area contributed by atoms with Crippen LogP contribution < -0.4 is 5.32 Å². The number of anilines is 1. The largest absolute Gasteiger partial charge is 0.390 e. The zero-order chi connectivity index (χ0) is 22.2. The molecule has 4 rings (SSSR count). The van der Waals surface area contributed by atoms with E-state index in [4.69, 9.17) is 4.52 Å². The standard InChI is InChI=1S/C23H25N5O3/c1-14-5-7-17(21-25-15(2)31-27-21)11-18(14)26-22(29)19-12-24-20-8-6-16(13-28(19)20)9-10-23(3,4)30/h5-8,11-13,30H,9-10H2,1-4H3,(H,26,29). The molecular formula is C23H25N5O3. The molecule has 0 saturated carbocycles. The van der Waals surface area contributed by atoms with Crippen molar-refractivity contribution in [3.63, 3.8) is 0 Å². The van der Waals surface area contributed by atoms with Gasteiger partial charge in [0.2, 0.25) is 11.7 Å². The number of aromatic nitrogens is 4. The number of aryl methyl sites for hydroxylation is 3. The molecule has 8 heteroatoms. The lowest BCUT2D eigenvalue weighted by Crippen LogP contribution is -2.19. The third kappa shape index (κ3) is 4.64. The summed E-state index contributed by atoms with van der Waals surface area (Å²) in [7, 11) is 0. The van der Waals surface area contributed by atoms with Gasteiger partial charge < -0.3 is 14.9 Å². The Morgan fingerprint density at radius 1 is 1.23 bits per heavy atom. The van der Waals surface area contributed by atoms with Gasteiger partial charge in [-0.15, -0.1) is 0 Å². The molecule has 31 heavy (non-hydrogen) atoms. The van der Waals surface area contributed by atoms with Crippen molar-refractivity contribution in [2.24, 2.45) is 0 Å². The Morgan fingerprint density at radius 3 is 2.74 bits per heavy atom. The first-order valence-electron chi connectivity index (χ1n) is 10.1. The Bertz CT molecular complexity index is 1250. The average molecular weight is 419 g/mol. The monoisotopic (exact) mass is 419 g/mol. The van der Waals surface area contributed by atoms with Crippen LogP contribution in [0, 0.1) is 13.8 Å². The topological polar surface area (TPSA) is 106 Å². The molecule has 0 fully saturated rings. The fourth-order valence-corrected chi connectivity index (χ4v) is 3.29. The molecule has 2 N–H and O–H groups in total. The number of fused-ring (bicyclic) bond motifs is 1. The highest BCUT2D eigenvalue weighted by molar-refractivity contribution is 6.04. The summed E-state index contributed by atoms with van der Waals surface area (Å²) in [5.74, 6) is 0.684. The number of hydrogen-bond donors (Lipinski definition) is 2. The zero-order valence-corrected chi connectivity index (χ0v) is 18.0. The van der Waals surface area contributed by atoms with Crippen molar-refractivity contribution in [3.8, 4) is 11.4 Å². The number of carbonyl (C=O) groups excluding carboxylic acids is 1. The summed E-state index contributed by atoms with van der Waals surface area (Å²) >= 11 is 0. The van der Waals surface area contributed by atoms with Gasteiger partial charge in [0, 0.05) is 24.4 Å². The fourth-order valence-electron chi connectivity index (χ4n) is 3.29.